The number of rotatable bonds is 4. The number of nitrogens with zero attached hydrogens (tertiary/aromatic N) is 2. The number of hydrogen-bond acceptors (Lipinski definition) is 7. The molecule has 8 nitrogen and oxygen atoms in total. The molecule has 3 aromatic rings. The van der Waals surface area contributed by atoms with Gasteiger partial charge in [-0.2, -0.15) is 0 Å². The van der Waals surface area contributed by atoms with Gasteiger partial charge in [-0.1, -0.05) is 24.3 Å². The molecular weight excluding hydrogens is 552 g/mol. The van der Waals surface area contributed by atoms with Crippen LogP contribution in [0.1, 0.15) is 27.5 Å². The average Bonchev–Trinajstić information content (AvgIpc) is 3.61. The molecule has 2 amide bonds. The van der Waals surface area contributed by atoms with Gasteiger partial charge < -0.3 is 19.1 Å². The van der Waals surface area contributed by atoms with E-state index in [0.29, 0.717) is 33.0 Å². The van der Waals surface area contributed by atoms with Crippen LogP contribution in [0.3, 0.4) is 0 Å². The van der Waals surface area contributed by atoms with Crippen LogP contribution in [-0.4, -0.2) is 42.4 Å². The van der Waals surface area contributed by atoms with Crippen molar-refractivity contribution in [2.45, 2.75) is 12.1 Å². The minimum absolute atomic E-state index is 0.0834. The highest BCUT2D eigenvalue weighted by Crippen LogP contribution is 2.54. The van der Waals surface area contributed by atoms with E-state index in [0.717, 1.165) is 11.1 Å². The Balaban J connectivity index is 1.35. The third-order valence-corrected chi connectivity index (χ3v) is 8.40. The lowest BCUT2D eigenvalue weighted by Gasteiger charge is -2.35. The third-order valence-electron chi connectivity index (χ3n) is 7.78. The summed E-state index contributed by atoms with van der Waals surface area (Å²) in [5.41, 5.74) is 2.72. The van der Waals surface area contributed by atoms with Crippen molar-refractivity contribution in [2.24, 2.45) is 11.8 Å². The maximum absolute atomic E-state index is 14.1. The number of amides is 2. The molecule has 2 saturated heterocycles. The number of fused-ring (bicyclic) bond motifs is 6. The summed E-state index contributed by atoms with van der Waals surface area (Å²) in [5, 5.41) is 0. The molecular formula is C29H21BrN2O6. The summed E-state index contributed by atoms with van der Waals surface area (Å²) in [5.74, 6) is -0.917. The Kier molecular flexibility index (Phi) is 5.13. The number of hydrogen-bond donors (Lipinski definition) is 0. The first-order valence-corrected chi connectivity index (χ1v) is 13.0. The van der Waals surface area contributed by atoms with Gasteiger partial charge in [0.15, 0.2) is 17.3 Å². The van der Waals surface area contributed by atoms with Crippen molar-refractivity contribution in [2.75, 3.05) is 18.8 Å². The summed E-state index contributed by atoms with van der Waals surface area (Å²) in [6.07, 6.45) is 3.78. The smallest absolute Gasteiger partial charge is 0.240 e. The molecule has 38 heavy (non-hydrogen) atoms. The number of methoxy groups -OCH3 is 1. The van der Waals surface area contributed by atoms with E-state index in [2.05, 4.69) is 15.9 Å². The predicted octanol–water partition coefficient (Wildman–Crippen LogP) is 4.58. The zero-order chi connectivity index (χ0) is 26.1. The zero-order valence-corrected chi connectivity index (χ0v) is 21.8. The van der Waals surface area contributed by atoms with Crippen molar-refractivity contribution in [3.63, 3.8) is 0 Å². The molecule has 7 rings (SSSR count). The first-order chi connectivity index (χ1) is 18.5. The Morgan fingerprint density at radius 1 is 0.974 bits per heavy atom. The van der Waals surface area contributed by atoms with Crippen LogP contribution in [-0.2, 0) is 9.59 Å². The van der Waals surface area contributed by atoms with Crippen LogP contribution in [0, 0.1) is 11.8 Å². The molecule has 0 aliphatic carbocycles. The van der Waals surface area contributed by atoms with Gasteiger partial charge in [0.2, 0.25) is 18.6 Å². The van der Waals surface area contributed by atoms with E-state index in [1.165, 1.54) is 4.90 Å². The molecule has 0 aromatic heterocycles. The second kappa shape index (κ2) is 8.46. The maximum Gasteiger partial charge on any atom is 0.240 e. The van der Waals surface area contributed by atoms with E-state index in [4.69, 9.17) is 14.2 Å². The van der Waals surface area contributed by atoms with Gasteiger partial charge in [0, 0.05) is 17.8 Å². The first-order valence-electron chi connectivity index (χ1n) is 12.2. The quantitative estimate of drug-likeness (QED) is 0.334. The van der Waals surface area contributed by atoms with Crippen LogP contribution < -0.4 is 19.1 Å². The van der Waals surface area contributed by atoms with Crippen molar-refractivity contribution in [1.82, 2.24) is 4.90 Å². The molecule has 4 aliphatic rings. The first kappa shape index (κ1) is 23.0. The van der Waals surface area contributed by atoms with Crippen LogP contribution in [0.2, 0.25) is 0 Å². The van der Waals surface area contributed by atoms with Gasteiger partial charge in [0.25, 0.3) is 0 Å². The van der Waals surface area contributed by atoms with Gasteiger partial charge >= 0.3 is 0 Å². The van der Waals surface area contributed by atoms with E-state index in [-0.39, 0.29) is 18.5 Å². The lowest BCUT2D eigenvalue weighted by atomic mass is 9.83. The topological polar surface area (TPSA) is 85.4 Å². The van der Waals surface area contributed by atoms with Crippen LogP contribution in [0.15, 0.2) is 71.3 Å². The molecule has 4 atom stereocenters. The van der Waals surface area contributed by atoms with Gasteiger partial charge in [-0.05, 0) is 63.5 Å². The van der Waals surface area contributed by atoms with Crippen LogP contribution in [0.4, 0.5) is 5.69 Å². The summed E-state index contributed by atoms with van der Waals surface area (Å²) in [4.78, 5) is 45.3. The molecule has 0 N–H and O–H groups in total. The fraction of sp³-hybridized carbons (Fsp3) is 0.207. The maximum atomic E-state index is 14.1. The third kappa shape index (κ3) is 3.18. The van der Waals surface area contributed by atoms with Gasteiger partial charge in [0.1, 0.15) is 11.8 Å². The minimum Gasteiger partial charge on any atom is -0.496 e. The van der Waals surface area contributed by atoms with Crippen molar-refractivity contribution < 1.29 is 28.6 Å². The van der Waals surface area contributed by atoms with Gasteiger partial charge in [-0.3, -0.25) is 14.4 Å². The Morgan fingerprint density at radius 2 is 1.76 bits per heavy atom. The Morgan fingerprint density at radius 3 is 2.58 bits per heavy atom. The molecule has 4 aliphatic heterocycles. The van der Waals surface area contributed by atoms with E-state index in [9.17, 15) is 14.4 Å². The molecule has 0 radical (unpaired) electrons. The summed E-state index contributed by atoms with van der Waals surface area (Å²) < 4.78 is 16.8. The summed E-state index contributed by atoms with van der Waals surface area (Å²) in [6, 6.07) is 16.6. The monoisotopic (exact) mass is 572 g/mol. The number of carbonyl (C=O) groups is 3. The van der Waals surface area contributed by atoms with E-state index in [1.54, 1.807) is 43.5 Å². The fourth-order valence-corrected chi connectivity index (χ4v) is 6.67. The molecule has 3 aromatic carbocycles. The summed E-state index contributed by atoms with van der Waals surface area (Å²) >= 11 is 3.46. The number of Topliss-reactive ketones (excluding diaryl/α,β-unsaturated/α-hetero) is 1. The average molecular weight is 573 g/mol. The molecule has 0 unspecified atom stereocenters. The second-order valence-corrected chi connectivity index (χ2v) is 10.5. The molecule has 9 heteroatoms. The Bertz CT molecular complexity index is 1570. The van der Waals surface area contributed by atoms with Crippen molar-refractivity contribution in [3.8, 4) is 17.2 Å². The Labute approximate surface area is 226 Å². The molecule has 0 bridgehead atoms. The zero-order valence-electron chi connectivity index (χ0n) is 20.2. The van der Waals surface area contributed by atoms with Gasteiger partial charge in [-0.25, -0.2) is 4.90 Å². The number of halogens is 1. The van der Waals surface area contributed by atoms with Crippen LogP contribution >= 0.6 is 15.9 Å². The van der Waals surface area contributed by atoms with Crippen molar-refractivity contribution in [3.05, 3.63) is 88.0 Å². The highest BCUT2D eigenvalue weighted by Gasteiger charge is 2.64. The standard InChI is InChI=1S/C29H21BrN2O6/c1-36-20-8-6-16(12-19(20)30)27(33)26-24-23(25-18-5-3-2-4-15(18)10-11-31(25)26)28(34)32(29(24)35)17-7-9-21-22(13-17)38-14-37-21/h2-13,23-26H,14H2,1H3/t23-,24+,25+,26-/m0/s1. The van der Waals surface area contributed by atoms with Crippen molar-refractivity contribution in [1.29, 1.82) is 0 Å². The number of carbonyl (C=O) groups excluding carboxylic acids is 3. The number of ether oxygens (including phenoxy) is 3. The summed E-state index contributed by atoms with van der Waals surface area (Å²) in [7, 11) is 1.55. The number of anilines is 1. The van der Waals surface area contributed by atoms with Crippen LogP contribution in [0.5, 0.6) is 17.2 Å². The molecule has 0 saturated carbocycles. The molecule has 190 valence electrons. The predicted molar refractivity (Wildman–Crippen MR) is 141 cm³/mol. The van der Waals surface area contributed by atoms with Crippen molar-refractivity contribution >= 4 is 45.3 Å². The SMILES string of the molecule is COc1ccc(C(=O)[C@@H]2[C@@H]3C(=O)N(c4ccc5c(c4)OCO5)C(=O)[C@@H]3[C@H]3c4ccccc4C=CN23)cc1Br. The molecule has 2 fully saturated rings. The highest BCUT2D eigenvalue weighted by atomic mass is 79.9. The highest BCUT2D eigenvalue weighted by molar-refractivity contribution is 9.10. The number of imide groups is 1. The number of benzene rings is 3. The van der Waals surface area contributed by atoms with Gasteiger partial charge in [-0.15, -0.1) is 0 Å². The van der Waals surface area contributed by atoms with Gasteiger partial charge in [0.05, 0.1) is 35.1 Å². The Hall–Kier alpha value is -4.11. The minimum atomic E-state index is -0.859. The fourth-order valence-electron chi connectivity index (χ4n) is 6.13. The lowest BCUT2D eigenvalue weighted by molar-refractivity contribution is -0.123. The summed E-state index contributed by atoms with van der Waals surface area (Å²) in [6.45, 7) is 0.0834. The van der Waals surface area contributed by atoms with E-state index >= 15 is 0 Å². The van der Waals surface area contributed by atoms with E-state index < -0.39 is 29.8 Å². The molecule has 0 spiro atoms. The number of ketones is 1. The van der Waals surface area contributed by atoms with Crippen LogP contribution in [0.25, 0.3) is 6.08 Å². The second-order valence-electron chi connectivity index (χ2n) is 9.60. The normalized spacial score (nSPS) is 24.4. The largest absolute Gasteiger partial charge is 0.496 e. The lowest BCUT2D eigenvalue weighted by Crippen LogP contribution is -2.44. The molecule has 4 heterocycles. The van der Waals surface area contributed by atoms with E-state index in [1.807, 2.05) is 41.4 Å².